The van der Waals surface area contributed by atoms with Gasteiger partial charge in [-0.1, -0.05) is 98.3 Å². The van der Waals surface area contributed by atoms with Crippen LogP contribution in [0.3, 0.4) is 0 Å². The first kappa shape index (κ1) is 33.8. The molecule has 206 valence electrons. The van der Waals surface area contributed by atoms with E-state index >= 15 is 0 Å². The molecule has 0 fully saturated rings. The van der Waals surface area contributed by atoms with Crippen molar-refractivity contribution in [1.82, 2.24) is 0 Å². The molecule has 0 radical (unpaired) electrons. The van der Waals surface area contributed by atoms with Crippen LogP contribution in [0.1, 0.15) is 130 Å². The lowest BCUT2D eigenvalue weighted by molar-refractivity contribution is 0.00564. The highest BCUT2D eigenvalue weighted by atomic mass is 16.5. The average Bonchev–Trinajstić information content (AvgIpc) is 2.86. The second-order valence-electron chi connectivity index (χ2n) is 10.1. The topological polar surface area (TPSA) is 36.9 Å². The van der Waals surface area contributed by atoms with Crippen LogP contribution in [0.2, 0.25) is 0 Å². The van der Waals surface area contributed by atoms with Gasteiger partial charge in [0.2, 0.25) is 0 Å². The van der Waals surface area contributed by atoms with E-state index < -0.39 is 0 Å². The van der Waals surface area contributed by atoms with Gasteiger partial charge >= 0.3 is 0 Å². The van der Waals surface area contributed by atoms with E-state index in [9.17, 15) is 0 Å². The highest BCUT2D eigenvalue weighted by molar-refractivity contribution is 4.60. The number of hydrogen-bond acceptors (Lipinski definition) is 4. The lowest BCUT2D eigenvalue weighted by Crippen LogP contribution is -2.14. The summed E-state index contributed by atoms with van der Waals surface area (Å²) in [6.07, 6.45) is 20.7. The molecule has 0 heterocycles. The van der Waals surface area contributed by atoms with Crippen LogP contribution >= 0.6 is 0 Å². The molecule has 2 atom stereocenters. The Hall–Kier alpha value is -0.160. The van der Waals surface area contributed by atoms with Gasteiger partial charge in [-0.2, -0.15) is 0 Å². The van der Waals surface area contributed by atoms with Crippen molar-refractivity contribution in [2.45, 2.75) is 130 Å². The van der Waals surface area contributed by atoms with E-state index in [1.165, 1.54) is 96.3 Å². The molecule has 0 aromatic rings. The Morgan fingerprint density at radius 3 is 1.44 bits per heavy atom. The Kier molecular flexibility index (Phi) is 28.9. The Bertz CT molecular complexity index is 364. The van der Waals surface area contributed by atoms with E-state index in [1.807, 2.05) is 0 Å². The van der Waals surface area contributed by atoms with Gasteiger partial charge in [-0.25, -0.2) is 0 Å². The summed E-state index contributed by atoms with van der Waals surface area (Å²) in [5.41, 5.74) is 0. The lowest BCUT2D eigenvalue weighted by Gasteiger charge is -2.17. The molecule has 0 amide bonds. The van der Waals surface area contributed by atoms with Crippen molar-refractivity contribution in [3.8, 4) is 0 Å². The van der Waals surface area contributed by atoms with Crippen molar-refractivity contribution >= 4 is 0 Å². The van der Waals surface area contributed by atoms with E-state index in [2.05, 4.69) is 27.7 Å². The van der Waals surface area contributed by atoms with Gasteiger partial charge < -0.3 is 18.9 Å². The predicted octanol–water partition coefficient (Wildman–Crippen LogP) is 8.61. The maximum Gasteiger partial charge on any atom is 0.0701 e. The van der Waals surface area contributed by atoms with Gasteiger partial charge in [0.1, 0.15) is 0 Å². The van der Waals surface area contributed by atoms with E-state index in [0.29, 0.717) is 32.3 Å². The summed E-state index contributed by atoms with van der Waals surface area (Å²) in [5.74, 6) is 1.48. The fourth-order valence-corrected chi connectivity index (χ4v) is 4.26. The summed E-state index contributed by atoms with van der Waals surface area (Å²) in [5, 5.41) is 0. The fraction of sp³-hybridized carbons (Fsp3) is 1.00. The quantitative estimate of drug-likeness (QED) is 0.0992. The van der Waals surface area contributed by atoms with Gasteiger partial charge in [-0.05, 0) is 43.9 Å². The summed E-state index contributed by atoms with van der Waals surface area (Å²) in [6.45, 7) is 15.4. The Morgan fingerprint density at radius 1 is 0.382 bits per heavy atom. The number of unbranched alkanes of at least 4 members (excludes halogenated alkanes) is 8. The molecule has 0 bridgehead atoms. The van der Waals surface area contributed by atoms with Gasteiger partial charge in [0.15, 0.2) is 0 Å². The zero-order chi connectivity index (χ0) is 25.0. The van der Waals surface area contributed by atoms with Crippen molar-refractivity contribution in [3.05, 3.63) is 0 Å². The van der Waals surface area contributed by atoms with Crippen LogP contribution in [-0.4, -0.2) is 52.9 Å². The molecule has 0 spiro atoms. The van der Waals surface area contributed by atoms with Crippen molar-refractivity contribution < 1.29 is 18.9 Å². The molecular formula is C30H62O4. The van der Waals surface area contributed by atoms with Crippen LogP contribution in [0, 0.1) is 11.8 Å². The first-order chi connectivity index (χ1) is 16.8. The Balaban J connectivity index is 3.38. The SMILES string of the molecule is CCCCCCC(CCCC)COCCCCCCOCCOCCOCC(CC)CCCC. The molecule has 0 saturated heterocycles. The minimum Gasteiger partial charge on any atom is -0.381 e. The second-order valence-corrected chi connectivity index (χ2v) is 10.1. The molecular weight excluding hydrogens is 424 g/mol. The van der Waals surface area contributed by atoms with Crippen molar-refractivity contribution in [2.75, 3.05) is 52.9 Å². The molecule has 0 N–H and O–H groups in total. The van der Waals surface area contributed by atoms with Crippen LogP contribution in [0.25, 0.3) is 0 Å². The predicted molar refractivity (Wildman–Crippen MR) is 147 cm³/mol. The third-order valence-corrected chi connectivity index (χ3v) is 6.75. The monoisotopic (exact) mass is 486 g/mol. The molecule has 4 heteroatoms. The maximum absolute atomic E-state index is 6.03. The number of ether oxygens (including phenoxy) is 4. The van der Waals surface area contributed by atoms with Gasteiger partial charge in [0.25, 0.3) is 0 Å². The van der Waals surface area contributed by atoms with Crippen LogP contribution in [-0.2, 0) is 18.9 Å². The first-order valence-corrected chi connectivity index (χ1v) is 15.1. The first-order valence-electron chi connectivity index (χ1n) is 15.1. The number of hydrogen-bond donors (Lipinski definition) is 0. The second kappa shape index (κ2) is 29.1. The number of rotatable bonds is 29. The van der Waals surface area contributed by atoms with Crippen molar-refractivity contribution in [2.24, 2.45) is 11.8 Å². The summed E-state index contributed by atoms with van der Waals surface area (Å²) >= 11 is 0. The maximum atomic E-state index is 6.03. The van der Waals surface area contributed by atoms with Gasteiger partial charge in [0, 0.05) is 26.4 Å². The van der Waals surface area contributed by atoms with Crippen molar-refractivity contribution in [3.63, 3.8) is 0 Å². The van der Waals surface area contributed by atoms with Crippen LogP contribution in [0.15, 0.2) is 0 Å². The largest absolute Gasteiger partial charge is 0.381 e. The fourth-order valence-electron chi connectivity index (χ4n) is 4.26. The van der Waals surface area contributed by atoms with E-state index in [-0.39, 0.29) is 0 Å². The standard InChI is InChI=1S/C30H62O4/c1-5-9-12-15-20-30(19-11-7-3)28-33-22-17-14-13-16-21-31-23-24-32-25-26-34-27-29(8-4)18-10-6-2/h29-30H,5-28H2,1-4H3. The smallest absolute Gasteiger partial charge is 0.0701 e. The molecule has 0 saturated carbocycles. The zero-order valence-electron chi connectivity index (χ0n) is 23.8. The molecule has 0 aromatic heterocycles. The summed E-state index contributed by atoms with van der Waals surface area (Å²) < 4.78 is 23.1. The normalized spacial score (nSPS) is 13.4. The van der Waals surface area contributed by atoms with Crippen LogP contribution in [0.4, 0.5) is 0 Å². The Labute approximate surface area is 214 Å². The highest BCUT2D eigenvalue weighted by Crippen LogP contribution is 2.18. The molecule has 0 rings (SSSR count). The van der Waals surface area contributed by atoms with E-state index in [0.717, 1.165) is 38.8 Å². The van der Waals surface area contributed by atoms with E-state index in [4.69, 9.17) is 18.9 Å². The molecule has 0 aromatic carbocycles. The Morgan fingerprint density at radius 2 is 0.824 bits per heavy atom. The lowest BCUT2D eigenvalue weighted by atomic mass is 9.96. The van der Waals surface area contributed by atoms with Crippen LogP contribution < -0.4 is 0 Å². The molecule has 4 nitrogen and oxygen atoms in total. The summed E-state index contributed by atoms with van der Waals surface area (Å²) in [4.78, 5) is 0. The highest BCUT2D eigenvalue weighted by Gasteiger charge is 2.08. The van der Waals surface area contributed by atoms with Gasteiger partial charge in [0.05, 0.1) is 26.4 Å². The van der Waals surface area contributed by atoms with Crippen molar-refractivity contribution in [1.29, 1.82) is 0 Å². The molecule has 34 heavy (non-hydrogen) atoms. The zero-order valence-corrected chi connectivity index (χ0v) is 23.8. The summed E-state index contributed by atoms with van der Waals surface area (Å²) in [6, 6.07) is 0. The molecule has 2 unspecified atom stereocenters. The minimum absolute atomic E-state index is 0.669. The van der Waals surface area contributed by atoms with Gasteiger partial charge in [-0.15, -0.1) is 0 Å². The summed E-state index contributed by atoms with van der Waals surface area (Å²) in [7, 11) is 0. The molecule has 0 aliphatic carbocycles. The minimum atomic E-state index is 0.669. The third kappa shape index (κ3) is 24.9. The molecule has 0 aliphatic rings. The van der Waals surface area contributed by atoms with Crippen LogP contribution in [0.5, 0.6) is 0 Å². The average molecular weight is 487 g/mol. The van der Waals surface area contributed by atoms with E-state index in [1.54, 1.807) is 0 Å². The third-order valence-electron chi connectivity index (χ3n) is 6.75. The van der Waals surface area contributed by atoms with Gasteiger partial charge in [-0.3, -0.25) is 0 Å². The molecule has 0 aliphatic heterocycles.